The van der Waals surface area contributed by atoms with E-state index in [9.17, 15) is 19.7 Å². The first kappa shape index (κ1) is 19.1. The van der Waals surface area contributed by atoms with Crippen molar-refractivity contribution in [3.8, 4) is 11.3 Å². The molecule has 2 heterocycles. The second-order valence-electron chi connectivity index (χ2n) is 6.21. The van der Waals surface area contributed by atoms with Gasteiger partial charge in [-0.25, -0.2) is 4.98 Å². The topological polar surface area (TPSA) is 122 Å². The molecule has 142 valence electrons. The van der Waals surface area contributed by atoms with Gasteiger partial charge < -0.3 is 5.11 Å². The molecule has 1 saturated heterocycles. The van der Waals surface area contributed by atoms with E-state index in [4.69, 9.17) is 5.11 Å². The number of fused-ring (bicyclic) bond motifs is 1. The Balaban J connectivity index is 0.000000211. The van der Waals surface area contributed by atoms with Crippen molar-refractivity contribution in [2.45, 2.75) is 12.5 Å². The van der Waals surface area contributed by atoms with Gasteiger partial charge in [-0.1, -0.05) is 36.4 Å². The SMILES string of the molecule is O=C1CN[C@H](C(=O)O)C1.O=[N+]([O-])c1ccc2nc(-c3ccccc3)ccc2c1. The Morgan fingerprint density at radius 1 is 1.14 bits per heavy atom. The van der Waals surface area contributed by atoms with Crippen LogP contribution in [0.5, 0.6) is 0 Å². The van der Waals surface area contributed by atoms with E-state index in [0.717, 1.165) is 22.2 Å². The van der Waals surface area contributed by atoms with Crippen LogP contribution in [0.3, 0.4) is 0 Å². The van der Waals surface area contributed by atoms with Crippen LogP contribution < -0.4 is 5.32 Å². The van der Waals surface area contributed by atoms with Crippen molar-refractivity contribution >= 4 is 28.3 Å². The number of non-ortho nitro benzene ring substituents is 1. The molecule has 2 aromatic carbocycles. The molecule has 1 fully saturated rings. The normalized spacial score (nSPS) is 15.7. The number of nitro groups is 1. The standard InChI is InChI=1S/C15H10N2O2.C5H7NO3/c18-17(19)13-7-9-15-12(10-13)6-8-14(16-15)11-4-2-1-3-5-11;7-3-1-4(5(8)9)6-2-3/h1-10H;4,6H,1-2H2,(H,8,9)/t;4-/m.0/s1. The number of rotatable bonds is 3. The van der Waals surface area contributed by atoms with E-state index in [1.54, 1.807) is 6.07 Å². The first-order valence-electron chi connectivity index (χ1n) is 8.52. The van der Waals surface area contributed by atoms with Gasteiger partial charge in [-0.15, -0.1) is 0 Å². The van der Waals surface area contributed by atoms with E-state index in [2.05, 4.69) is 10.3 Å². The molecule has 1 aliphatic rings. The second-order valence-corrected chi connectivity index (χ2v) is 6.21. The fourth-order valence-corrected chi connectivity index (χ4v) is 2.78. The van der Waals surface area contributed by atoms with E-state index in [1.807, 2.05) is 42.5 Å². The number of Topliss-reactive ketones (excluding diaryl/α,β-unsaturated/α-hetero) is 1. The largest absolute Gasteiger partial charge is 0.480 e. The lowest BCUT2D eigenvalue weighted by Crippen LogP contribution is -2.29. The summed E-state index contributed by atoms with van der Waals surface area (Å²) < 4.78 is 0. The highest BCUT2D eigenvalue weighted by atomic mass is 16.6. The Morgan fingerprint density at radius 3 is 2.46 bits per heavy atom. The van der Waals surface area contributed by atoms with Crippen LogP contribution in [0, 0.1) is 10.1 Å². The predicted molar refractivity (Wildman–Crippen MR) is 103 cm³/mol. The van der Waals surface area contributed by atoms with Crippen molar-refractivity contribution in [3.05, 3.63) is 70.8 Å². The summed E-state index contributed by atoms with van der Waals surface area (Å²) in [6.07, 6.45) is 0.134. The Hall–Kier alpha value is -3.65. The molecule has 0 bridgehead atoms. The van der Waals surface area contributed by atoms with Crippen LogP contribution in [0.4, 0.5) is 5.69 Å². The molecule has 8 heteroatoms. The Kier molecular flexibility index (Phi) is 5.71. The lowest BCUT2D eigenvalue weighted by Gasteiger charge is -2.03. The molecule has 0 aliphatic carbocycles. The van der Waals surface area contributed by atoms with Gasteiger partial charge in [0.1, 0.15) is 11.8 Å². The number of nitro benzene ring substituents is 1. The summed E-state index contributed by atoms with van der Waals surface area (Å²) in [5, 5.41) is 22.4. The molecule has 0 saturated carbocycles. The maximum atomic E-state index is 10.7. The maximum absolute atomic E-state index is 10.7. The highest BCUT2D eigenvalue weighted by Gasteiger charge is 2.26. The zero-order valence-corrected chi connectivity index (χ0v) is 14.7. The number of benzene rings is 2. The van der Waals surface area contributed by atoms with Crippen LogP contribution in [0.1, 0.15) is 6.42 Å². The summed E-state index contributed by atoms with van der Waals surface area (Å²) >= 11 is 0. The van der Waals surface area contributed by atoms with Crippen LogP contribution in [0.15, 0.2) is 60.7 Å². The average molecular weight is 379 g/mol. The van der Waals surface area contributed by atoms with E-state index in [1.165, 1.54) is 12.1 Å². The van der Waals surface area contributed by atoms with Crippen LogP contribution in [-0.2, 0) is 9.59 Å². The minimum absolute atomic E-state index is 0.0256. The number of aromatic nitrogens is 1. The summed E-state index contributed by atoms with van der Waals surface area (Å²) in [5.74, 6) is -0.969. The summed E-state index contributed by atoms with van der Waals surface area (Å²) in [4.78, 5) is 35.4. The molecule has 4 rings (SSSR count). The lowest BCUT2D eigenvalue weighted by molar-refractivity contribution is -0.384. The molecule has 2 N–H and O–H groups in total. The third kappa shape index (κ3) is 4.54. The van der Waals surface area contributed by atoms with Gasteiger partial charge in [-0.05, 0) is 12.1 Å². The highest BCUT2D eigenvalue weighted by Crippen LogP contribution is 2.23. The maximum Gasteiger partial charge on any atom is 0.321 e. The average Bonchev–Trinajstić information content (AvgIpc) is 3.15. The van der Waals surface area contributed by atoms with Gasteiger partial charge in [0.05, 0.1) is 22.7 Å². The fraction of sp³-hybridized carbons (Fsp3) is 0.150. The fourth-order valence-electron chi connectivity index (χ4n) is 2.78. The van der Waals surface area contributed by atoms with Crippen LogP contribution in [-0.4, -0.2) is 39.4 Å². The summed E-state index contributed by atoms with van der Waals surface area (Å²) in [5.41, 5.74) is 2.73. The summed E-state index contributed by atoms with van der Waals surface area (Å²) in [7, 11) is 0. The van der Waals surface area contributed by atoms with E-state index in [0.29, 0.717) is 0 Å². The monoisotopic (exact) mass is 379 g/mol. The number of carboxylic acid groups (broad SMARTS) is 1. The summed E-state index contributed by atoms with van der Waals surface area (Å²) in [6.45, 7) is 0.205. The zero-order valence-electron chi connectivity index (χ0n) is 14.7. The molecular formula is C20H17N3O5. The molecule has 28 heavy (non-hydrogen) atoms. The van der Waals surface area contributed by atoms with Crippen molar-refractivity contribution in [3.63, 3.8) is 0 Å². The number of pyridine rings is 1. The number of aliphatic carboxylic acids is 1. The highest BCUT2D eigenvalue weighted by molar-refractivity contribution is 5.90. The van der Waals surface area contributed by atoms with Crippen molar-refractivity contribution in [2.75, 3.05) is 6.54 Å². The molecular weight excluding hydrogens is 362 g/mol. The number of carbonyl (C=O) groups excluding carboxylic acids is 1. The number of hydrogen-bond donors (Lipinski definition) is 2. The Morgan fingerprint density at radius 2 is 1.89 bits per heavy atom. The van der Waals surface area contributed by atoms with Gasteiger partial charge in [-0.3, -0.25) is 25.0 Å². The van der Waals surface area contributed by atoms with Gasteiger partial charge in [-0.2, -0.15) is 0 Å². The number of nitrogens with zero attached hydrogens (tertiary/aromatic N) is 2. The first-order chi connectivity index (χ1) is 13.4. The van der Waals surface area contributed by atoms with Crippen molar-refractivity contribution in [1.82, 2.24) is 10.3 Å². The molecule has 1 atom stereocenters. The Bertz CT molecular complexity index is 1040. The third-order valence-electron chi connectivity index (χ3n) is 4.23. The van der Waals surface area contributed by atoms with E-state index >= 15 is 0 Å². The first-order valence-corrected chi connectivity index (χ1v) is 8.52. The van der Waals surface area contributed by atoms with E-state index < -0.39 is 16.9 Å². The molecule has 1 aliphatic heterocycles. The van der Waals surface area contributed by atoms with Gasteiger partial charge in [0.15, 0.2) is 0 Å². The van der Waals surface area contributed by atoms with E-state index in [-0.39, 0.29) is 24.4 Å². The smallest absolute Gasteiger partial charge is 0.321 e. The number of hydrogen-bond acceptors (Lipinski definition) is 6. The Labute approximate surface area is 160 Å². The summed E-state index contributed by atoms with van der Waals surface area (Å²) in [6, 6.07) is 17.6. The lowest BCUT2D eigenvalue weighted by atomic mass is 10.1. The molecule has 0 spiro atoms. The minimum atomic E-state index is -0.944. The number of carboxylic acids is 1. The quantitative estimate of drug-likeness (QED) is 0.530. The van der Waals surface area contributed by atoms with Crippen molar-refractivity contribution in [2.24, 2.45) is 0 Å². The molecule has 0 radical (unpaired) electrons. The minimum Gasteiger partial charge on any atom is -0.480 e. The van der Waals surface area contributed by atoms with Gasteiger partial charge in [0.2, 0.25) is 0 Å². The van der Waals surface area contributed by atoms with Gasteiger partial charge in [0, 0.05) is 29.5 Å². The zero-order chi connectivity index (χ0) is 20.1. The van der Waals surface area contributed by atoms with Gasteiger partial charge >= 0.3 is 5.97 Å². The van der Waals surface area contributed by atoms with Crippen molar-refractivity contribution < 1.29 is 19.6 Å². The van der Waals surface area contributed by atoms with Crippen LogP contribution >= 0.6 is 0 Å². The predicted octanol–water partition coefficient (Wildman–Crippen LogP) is 2.81. The van der Waals surface area contributed by atoms with Crippen LogP contribution in [0.2, 0.25) is 0 Å². The van der Waals surface area contributed by atoms with Crippen molar-refractivity contribution in [1.29, 1.82) is 0 Å². The molecule has 0 amide bonds. The molecule has 1 aromatic heterocycles. The third-order valence-corrected chi connectivity index (χ3v) is 4.23. The molecule has 8 nitrogen and oxygen atoms in total. The number of ketones is 1. The molecule has 0 unspecified atom stereocenters. The molecule has 3 aromatic rings. The van der Waals surface area contributed by atoms with Gasteiger partial charge in [0.25, 0.3) is 5.69 Å². The number of carbonyl (C=O) groups is 2. The van der Waals surface area contributed by atoms with Crippen LogP contribution in [0.25, 0.3) is 22.2 Å². The number of nitrogens with one attached hydrogen (secondary N) is 1. The second kappa shape index (κ2) is 8.36.